The Bertz CT molecular complexity index is 345. The molecule has 0 radical (unpaired) electrons. The molecule has 1 aromatic heterocycles. The molecule has 0 bridgehead atoms. The summed E-state index contributed by atoms with van der Waals surface area (Å²) in [6, 6.07) is 3.52. The lowest BCUT2D eigenvalue weighted by atomic mass is 10.3. The van der Waals surface area contributed by atoms with Gasteiger partial charge in [0.2, 0.25) is 0 Å². The van der Waals surface area contributed by atoms with Crippen molar-refractivity contribution in [3.63, 3.8) is 0 Å². The molecule has 3 nitrogen and oxygen atoms in total. The molecule has 0 unspecified atom stereocenters. The van der Waals surface area contributed by atoms with Crippen LogP contribution in [0.25, 0.3) is 0 Å². The molecule has 0 saturated heterocycles. The Morgan fingerprint density at radius 3 is 2.77 bits per heavy atom. The van der Waals surface area contributed by atoms with E-state index in [1.165, 1.54) is 0 Å². The standard InChI is InChI=1S/C9H13NO2S/c1-2-6-13(11,12)8-9-4-3-5-10-7-9/h3-5,7H,2,6,8H2,1H3. The van der Waals surface area contributed by atoms with Gasteiger partial charge < -0.3 is 0 Å². The number of hydrogen-bond donors (Lipinski definition) is 0. The number of pyridine rings is 1. The molecule has 1 rings (SSSR count). The third-order valence-corrected chi connectivity index (χ3v) is 3.43. The number of rotatable bonds is 4. The molecule has 0 aliphatic carbocycles. The zero-order valence-electron chi connectivity index (χ0n) is 7.60. The molecular weight excluding hydrogens is 186 g/mol. The van der Waals surface area contributed by atoms with Gasteiger partial charge in [-0.15, -0.1) is 0 Å². The summed E-state index contributed by atoms with van der Waals surface area (Å²) in [6.45, 7) is 1.86. The molecule has 0 atom stereocenters. The predicted molar refractivity (Wildman–Crippen MR) is 52.0 cm³/mol. The number of nitrogens with zero attached hydrogens (tertiary/aromatic N) is 1. The minimum atomic E-state index is -2.92. The molecule has 4 heteroatoms. The summed E-state index contributed by atoms with van der Waals surface area (Å²) in [7, 11) is -2.92. The van der Waals surface area contributed by atoms with Gasteiger partial charge in [-0.25, -0.2) is 8.42 Å². The molecule has 0 amide bonds. The largest absolute Gasteiger partial charge is 0.264 e. The lowest BCUT2D eigenvalue weighted by molar-refractivity contribution is 0.594. The molecule has 0 spiro atoms. The topological polar surface area (TPSA) is 47.0 Å². The highest BCUT2D eigenvalue weighted by molar-refractivity contribution is 7.90. The van der Waals surface area contributed by atoms with Crippen molar-refractivity contribution >= 4 is 9.84 Å². The average molecular weight is 199 g/mol. The van der Waals surface area contributed by atoms with Crippen LogP contribution in [0.5, 0.6) is 0 Å². The molecule has 0 aromatic carbocycles. The molecule has 1 heterocycles. The minimum Gasteiger partial charge on any atom is -0.264 e. The fraction of sp³-hybridized carbons (Fsp3) is 0.444. The summed E-state index contributed by atoms with van der Waals surface area (Å²) in [5.41, 5.74) is 0.760. The van der Waals surface area contributed by atoms with E-state index in [4.69, 9.17) is 0 Å². The summed E-state index contributed by atoms with van der Waals surface area (Å²) in [5.74, 6) is 0.358. The van der Waals surface area contributed by atoms with E-state index in [1.807, 2.05) is 6.92 Å². The van der Waals surface area contributed by atoms with Crippen molar-refractivity contribution in [3.05, 3.63) is 30.1 Å². The Balaban J connectivity index is 2.70. The van der Waals surface area contributed by atoms with Crippen LogP contribution in [0, 0.1) is 0 Å². The molecule has 0 fully saturated rings. The molecule has 0 saturated carbocycles. The van der Waals surface area contributed by atoms with Gasteiger partial charge in [-0.2, -0.15) is 0 Å². The number of sulfone groups is 1. The Morgan fingerprint density at radius 2 is 2.23 bits per heavy atom. The van der Waals surface area contributed by atoms with E-state index >= 15 is 0 Å². The van der Waals surface area contributed by atoms with E-state index in [9.17, 15) is 8.42 Å². The first kappa shape index (κ1) is 10.2. The van der Waals surface area contributed by atoms with Crippen molar-refractivity contribution in [2.24, 2.45) is 0 Å². The second-order valence-electron chi connectivity index (χ2n) is 2.95. The van der Waals surface area contributed by atoms with Crippen molar-refractivity contribution in [2.45, 2.75) is 19.1 Å². The van der Waals surface area contributed by atoms with Crippen molar-refractivity contribution in [1.82, 2.24) is 4.98 Å². The van der Waals surface area contributed by atoms with Gasteiger partial charge in [-0.1, -0.05) is 13.0 Å². The summed E-state index contributed by atoms with van der Waals surface area (Å²) in [4.78, 5) is 3.86. The molecule has 0 N–H and O–H groups in total. The Morgan fingerprint density at radius 1 is 1.46 bits per heavy atom. The lowest BCUT2D eigenvalue weighted by Gasteiger charge is -2.01. The fourth-order valence-corrected chi connectivity index (χ4v) is 2.57. The van der Waals surface area contributed by atoms with Gasteiger partial charge in [-0.3, -0.25) is 4.98 Å². The van der Waals surface area contributed by atoms with E-state index < -0.39 is 9.84 Å². The zero-order valence-corrected chi connectivity index (χ0v) is 8.42. The first-order valence-electron chi connectivity index (χ1n) is 4.23. The van der Waals surface area contributed by atoms with Gasteiger partial charge >= 0.3 is 0 Å². The van der Waals surface area contributed by atoms with Crippen LogP contribution in [0.1, 0.15) is 18.9 Å². The lowest BCUT2D eigenvalue weighted by Crippen LogP contribution is -2.08. The third kappa shape index (κ3) is 3.55. The van der Waals surface area contributed by atoms with Crippen LogP contribution >= 0.6 is 0 Å². The van der Waals surface area contributed by atoms with Crippen LogP contribution in [0.4, 0.5) is 0 Å². The quantitative estimate of drug-likeness (QED) is 0.736. The van der Waals surface area contributed by atoms with Crippen LogP contribution < -0.4 is 0 Å². The smallest absolute Gasteiger partial charge is 0.154 e. The van der Waals surface area contributed by atoms with Crippen molar-refractivity contribution in [2.75, 3.05) is 5.75 Å². The highest BCUT2D eigenvalue weighted by Gasteiger charge is 2.09. The maximum absolute atomic E-state index is 11.4. The minimum absolute atomic E-state index is 0.106. The van der Waals surface area contributed by atoms with E-state index in [-0.39, 0.29) is 11.5 Å². The van der Waals surface area contributed by atoms with Gasteiger partial charge in [0.15, 0.2) is 9.84 Å². The van der Waals surface area contributed by atoms with Crippen LogP contribution in [0.3, 0.4) is 0 Å². The van der Waals surface area contributed by atoms with E-state index in [2.05, 4.69) is 4.98 Å². The van der Waals surface area contributed by atoms with Crippen LogP contribution in [0.15, 0.2) is 24.5 Å². The van der Waals surface area contributed by atoms with E-state index in [0.29, 0.717) is 6.42 Å². The summed E-state index contributed by atoms with van der Waals surface area (Å²) < 4.78 is 22.7. The molecule has 1 aromatic rings. The maximum atomic E-state index is 11.4. The molecule has 13 heavy (non-hydrogen) atoms. The van der Waals surface area contributed by atoms with Gasteiger partial charge in [-0.05, 0) is 18.1 Å². The van der Waals surface area contributed by atoms with Crippen LogP contribution in [-0.4, -0.2) is 19.2 Å². The van der Waals surface area contributed by atoms with E-state index in [1.54, 1.807) is 24.5 Å². The van der Waals surface area contributed by atoms with Crippen molar-refractivity contribution in [3.8, 4) is 0 Å². The second kappa shape index (κ2) is 4.37. The Kier molecular flexibility index (Phi) is 3.42. The average Bonchev–Trinajstić information content (AvgIpc) is 2.04. The van der Waals surface area contributed by atoms with E-state index in [0.717, 1.165) is 5.56 Å². The van der Waals surface area contributed by atoms with Gasteiger partial charge in [0.25, 0.3) is 0 Å². The Hall–Kier alpha value is -0.900. The maximum Gasteiger partial charge on any atom is 0.154 e. The summed E-state index contributed by atoms with van der Waals surface area (Å²) in [5, 5.41) is 0. The fourth-order valence-electron chi connectivity index (χ4n) is 1.12. The van der Waals surface area contributed by atoms with Gasteiger partial charge in [0, 0.05) is 12.4 Å². The van der Waals surface area contributed by atoms with Crippen LogP contribution in [-0.2, 0) is 15.6 Å². The Labute approximate surface area is 78.7 Å². The highest BCUT2D eigenvalue weighted by atomic mass is 32.2. The van der Waals surface area contributed by atoms with Crippen molar-refractivity contribution < 1.29 is 8.42 Å². The number of hydrogen-bond acceptors (Lipinski definition) is 3. The summed E-state index contributed by atoms with van der Waals surface area (Å²) in [6.07, 6.45) is 3.89. The first-order chi connectivity index (χ1) is 6.14. The molecular formula is C9H13NO2S. The summed E-state index contributed by atoms with van der Waals surface area (Å²) >= 11 is 0. The number of aromatic nitrogens is 1. The normalized spacial score (nSPS) is 11.5. The zero-order chi connectivity index (χ0) is 9.73. The van der Waals surface area contributed by atoms with Gasteiger partial charge in [0.05, 0.1) is 11.5 Å². The highest BCUT2D eigenvalue weighted by Crippen LogP contribution is 2.05. The third-order valence-electron chi connectivity index (χ3n) is 1.62. The second-order valence-corrected chi connectivity index (χ2v) is 5.14. The first-order valence-corrected chi connectivity index (χ1v) is 6.05. The van der Waals surface area contributed by atoms with Gasteiger partial charge in [0.1, 0.15) is 0 Å². The molecule has 0 aliphatic heterocycles. The molecule has 72 valence electrons. The SMILES string of the molecule is CCCS(=O)(=O)Cc1cccnc1. The van der Waals surface area contributed by atoms with Crippen LogP contribution in [0.2, 0.25) is 0 Å². The monoisotopic (exact) mass is 199 g/mol. The predicted octanol–water partition coefficient (Wildman–Crippen LogP) is 1.41. The van der Waals surface area contributed by atoms with Crippen molar-refractivity contribution in [1.29, 1.82) is 0 Å². The molecule has 0 aliphatic rings.